The predicted octanol–water partition coefficient (Wildman–Crippen LogP) is 6.86. The summed E-state index contributed by atoms with van der Waals surface area (Å²) >= 11 is 1.39. The number of thiophene rings is 1. The molecular weight excluding hydrogens is 477 g/mol. The molecule has 3 N–H and O–H groups in total. The van der Waals surface area contributed by atoms with Gasteiger partial charge in [-0.2, -0.15) is 13.2 Å². The van der Waals surface area contributed by atoms with Gasteiger partial charge in [0.25, 0.3) is 5.91 Å². The number of carbonyl (C=O) groups excluding carboxylic acids is 1. The Morgan fingerprint density at radius 2 is 1.74 bits per heavy atom. The highest BCUT2D eigenvalue weighted by atomic mass is 32.1. The minimum atomic E-state index is -4.37. The van der Waals surface area contributed by atoms with E-state index in [4.69, 9.17) is 5.11 Å². The molecule has 2 aromatic carbocycles. The van der Waals surface area contributed by atoms with Crippen LogP contribution in [-0.2, 0) is 11.0 Å². The van der Waals surface area contributed by atoms with Gasteiger partial charge in [-0.25, -0.2) is 0 Å². The van der Waals surface area contributed by atoms with Gasteiger partial charge in [0.2, 0.25) is 0 Å². The van der Waals surface area contributed by atoms with Crippen LogP contribution in [0.5, 0.6) is 0 Å². The first-order chi connectivity index (χ1) is 16.7. The van der Waals surface area contributed by atoms with Crippen LogP contribution in [-0.4, -0.2) is 23.5 Å². The van der Waals surface area contributed by atoms with Gasteiger partial charge in [0.1, 0.15) is 0 Å². The maximum Gasteiger partial charge on any atom is 0.416 e. The van der Waals surface area contributed by atoms with Crippen LogP contribution in [0.3, 0.4) is 0 Å². The molecule has 3 aromatic rings. The van der Waals surface area contributed by atoms with Crippen molar-refractivity contribution in [2.75, 3.05) is 11.9 Å². The molecule has 1 aliphatic rings. The molecule has 186 valence electrons. The van der Waals surface area contributed by atoms with Crippen LogP contribution in [0, 0.1) is 5.92 Å². The second-order valence-electron chi connectivity index (χ2n) is 8.90. The number of hydrogen-bond donors (Lipinski definition) is 3. The third kappa shape index (κ3) is 6.33. The molecule has 5 nitrogen and oxygen atoms in total. The van der Waals surface area contributed by atoms with Crippen molar-refractivity contribution in [3.8, 4) is 0 Å². The molecule has 35 heavy (non-hydrogen) atoms. The molecule has 1 saturated carbocycles. The topological polar surface area (TPSA) is 78.4 Å². The van der Waals surface area contributed by atoms with Crippen LogP contribution in [0.25, 0.3) is 10.1 Å². The first-order valence-corrected chi connectivity index (χ1v) is 12.5. The van der Waals surface area contributed by atoms with Gasteiger partial charge in [0.05, 0.1) is 18.0 Å². The van der Waals surface area contributed by atoms with Gasteiger partial charge in [-0.15, -0.1) is 11.3 Å². The van der Waals surface area contributed by atoms with Crippen LogP contribution >= 0.6 is 11.3 Å². The molecule has 0 saturated heterocycles. The Hall–Kier alpha value is -3.07. The lowest BCUT2D eigenvalue weighted by Gasteiger charge is -2.31. The molecule has 0 aliphatic heterocycles. The lowest BCUT2D eigenvalue weighted by molar-refractivity contribution is -0.138. The summed E-state index contributed by atoms with van der Waals surface area (Å²) in [5.74, 6) is -0.959. The standard InChI is InChI=1S/C26H27F3N2O3S/c27-26(28,29)19-9-6-18-14-22(35-21(18)15-19)24(16-4-2-1-3-5-16)31-20-10-7-17(8-11-20)25(34)30-13-12-23(32)33/h6-11,14-16,24,31H,1-5,12-13H2,(H,30,34)(H,32,33). The molecule has 1 heterocycles. The number of rotatable bonds is 8. The van der Waals surface area contributed by atoms with Crippen LogP contribution in [0.15, 0.2) is 48.5 Å². The van der Waals surface area contributed by atoms with Crippen molar-refractivity contribution in [1.29, 1.82) is 0 Å². The summed E-state index contributed by atoms with van der Waals surface area (Å²) in [6.07, 6.45) is 1.02. The Balaban J connectivity index is 1.55. The van der Waals surface area contributed by atoms with Crippen molar-refractivity contribution in [3.63, 3.8) is 0 Å². The largest absolute Gasteiger partial charge is 0.481 e. The van der Waals surface area contributed by atoms with E-state index in [1.165, 1.54) is 29.9 Å². The highest BCUT2D eigenvalue weighted by molar-refractivity contribution is 7.19. The fourth-order valence-electron chi connectivity index (χ4n) is 4.55. The van der Waals surface area contributed by atoms with E-state index in [2.05, 4.69) is 10.6 Å². The molecule has 9 heteroatoms. The van der Waals surface area contributed by atoms with E-state index in [1.807, 2.05) is 6.07 Å². The lowest BCUT2D eigenvalue weighted by atomic mass is 9.83. The number of carboxylic acids is 1. The summed E-state index contributed by atoms with van der Waals surface area (Å²) in [7, 11) is 0. The van der Waals surface area contributed by atoms with Crippen LogP contribution < -0.4 is 10.6 Å². The Labute approximate surface area is 205 Å². The smallest absolute Gasteiger partial charge is 0.416 e. The van der Waals surface area contributed by atoms with Gasteiger partial charge in [-0.3, -0.25) is 9.59 Å². The number of halogens is 3. The highest BCUT2D eigenvalue weighted by Gasteiger charge is 2.31. The Bertz CT molecular complexity index is 1180. The maximum absolute atomic E-state index is 13.2. The first-order valence-electron chi connectivity index (χ1n) is 11.7. The fourth-order valence-corrected chi connectivity index (χ4v) is 5.80. The average molecular weight is 505 g/mol. The van der Waals surface area contributed by atoms with Gasteiger partial charge in [0, 0.05) is 27.4 Å². The molecule has 1 aliphatic carbocycles. The predicted molar refractivity (Wildman–Crippen MR) is 131 cm³/mol. The fraction of sp³-hybridized carbons (Fsp3) is 0.385. The van der Waals surface area contributed by atoms with E-state index >= 15 is 0 Å². The number of alkyl halides is 3. The van der Waals surface area contributed by atoms with Gasteiger partial charge in [-0.05, 0) is 66.6 Å². The highest BCUT2D eigenvalue weighted by Crippen LogP contribution is 2.42. The number of hydrogen-bond acceptors (Lipinski definition) is 4. The van der Waals surface area contributed by atoms with E-state index in [0.717, 1.165) is 47.7 Å². The summed E-state index contributed by atoms with van der Waals surface area (Å²) in [5, 5.41) is 15.7. The number of anilines is 1. The normalized spacial score (nSPS) is 15.6. The average Bonchev–Trinajstić information content (AvgIpc) is 3.26. The zero-order valence-corrected chi connectivity index (χ0v) is 19.8. The second-order valence-corrected chi connectivity index (χ2v) is 10.0. The molecule has 1 aromatic heterocycles. The van der Waals surface area contributed by atoms with E-state index in [9.17, 15) is 22.8 Å². The van der Waals surface area contributed by atoms with Crippen LogP contribution in [0.1, 0.15) is 65.4 Å². The van der Waals surface area contributed by atoms with Crippen molar-refractivity contribution in [1.82, 2.24) is 5.32 Å². The summed E-state index contributed by atoms with van der Waals surface area (Å²) in [5.41, 5.74) is 0.602. The van der Waals surface area contributed by atoms with Crippen LogP contribution in [0.4, 0.5) is 18.9 Å². The first kappa shape index (κ1) is 25.0. The molecular formula is C26H27F3N2O3S. The van der Waals surface area contributed by atoms with Crippen molar-refractivity contribution < 1.29 is 27.9 Å². The zero-order chi connectivity index (χ0) is 25.0. The number of carbonyl (C=O) groups is 2. The van der Waals surface area contributed by atoms with Crippen molar-refractivity contribution >= 4 is 39.0 Å². The Kier molecular flexibility index (Phi) is 7.64. The minimum absolute atomic E-state index is 0.0442. The number of carboxylic acid groups (broad SMARTS) is 1. The molecule has 1 amide bonds. The number of benzene rings is 2. The Morgan fingerprint density at radius 1 is 1.03 bits per heavy atom. The second kappa shape index (κ2) is 10.7. The number of aliphatic carboxylic acids is 1. The summed E-state index contributed by atoms with van der Waals surface area (Å²) < 4.78 is 40.2. The molecule has 0 radical (unpaired) electrons. The van der Waals surface area contributed by atoms with Gasteiger partial charge in [0.15, 0.2) is 0 Å². The van der Waals surface area contributed by atoms with Crippen molar-refractivity contribution in [2.24, 2.45) is 5.92 Å². The molecule has 0 bridgehead atoms. The van der Waals surface area contributed by atoms with Gasteiger partial charge in [-0.1, -0.05) is 25.3 Å². The minimum Gasteiger partial charge on any atom is -0.481 e. The quantitative estimate of drug-likeness (QED) is 0.313. The number of nitrogens with one attached hydrogen (secondary N) is 2. The number of fused-ring (bicyclic) bond motifs is 1. The molecule has 4 rings (SSSR count). The Morgan fingerprint density at radius 3 is 2.40 bits per heavy atom. The molecule has 1 atom stereocenters. The lowest BCUT2D eigenvalue weighted by Crippen LogP contribution is -2.26. The van der Waals surface area contributed by atoms with Gasteiger partial charge < -0.3 is 15.7 Å². The summed E-state index contributed by atoms with van der Waals surface area (Å²) in [4.78, 5) is 23.8. The maximum atomic E-state index is 13.2. The molecule has 1 fully saturated rings. The third-order valence-electron chi connectivity index (χ3n) is 6.39. The van der Waals surface area contributed by atoms with E-state index in [1.54, 1.807) is 24.3 Å². The summed E-state index contributed by atoms with van der Waals surface area (Å²) in [6, 6.07) is 12.8. The van der Waals surface area contributed by atoms with Crippen molar-refractivity contribution in [2.45, 2.75) is 50.7 Å². The SMILES string of the molecule is O=C(O)CCNC(=O)c1ccc(NC(c2cc3ccc(C(F)(F)F)cc3s2)C2CCCCC2)cc1. The molecule has 0 spiro atoms. The monoisotopic (exact) mass is 504 g/mol. The van der Waals surface area contributed by atoms with E-state index in [-0.39, 0.29) is 24.9 Å². The van der Waals surface area contributed by atoms with Crippen LogP contribution in [0.2, 0.25) is 0 Å². The number of amides is 1. The van der Waals surface area contributed by atoms with Gasteiger partial charge >= 0.3 is 12.1 Å². The summed E-state index contributed by atoms with van der Waals surface area (Å²) in [6.45, 7) is 0.0555. The van der Waals surface area contributed by atoms with Crippen molar-refractivity contribution in [3.05, 3.63) is 64.5 Å². The van der Waals surface area contributed by atoms with E-state index in [0.29, 0.717) is 16.2 Å². The third-order valence-corrected chi connectivity index (χ3v) is 7.57. The van der Waals surface area contributed by atoms with E-state index < -0.39 is 17.7 Å². The molecule has 1 unspecified atom stereocenters. The zero-order valence-electron chi connectivity index (χ0n) is 19.0.